The Morgan fingerprint density at radius 3 is 1.92 bits per heavy atom. The van der Waals surface area contributed by atoms with Gasteiger partial charge >= 0.3 is 24.1 Å². The molecule has 2 aliphatic rings. The Balaban J connectivity index is 2.36. The molecule has 2 fully saturated rings. The van der Waals surface area contributed by atoms with Gasteiger partial charge < -0.3 is 23.7 Å². The van der Waals surface area contributed by atoms with Crippen molar-refractivity contribution in [2.24, 2.45) is 11.8 Å². The molecule has 1 saturated heterocycles. The molecule has 2 amide bonds. The van der Waals surface area contributed by atoms with Crippen LogP contribution >= 0.6 is 0 Å². The number of carbonyl (C=O) groups excluding carboxylic acids is 4. The normalized spacial score (nSPS) is 25.2. The third-order valence-corrected chi connectivity index (χ3v) is 6.44. The van der Waals surface area contributed by atoms with Gasteiger partial charge in [-0.1, -0.05) is 26.7 Å². The Labute approximate surface area is 233 Å². The zero-order chi connectivity index (χ0) is 29.5. The summed E-state index contributed by atoms with van der Waals surface area (Å²) in [5, 5.41) is 0. The van der Waals surface area contributed by atoms with Crippen molar-refractivity contribution in [2.45, 2.75) is 143 Å². The minimum atomic E-state index is -1.29. The van der Waals surface area contributed by atoms with Crippen LogP contribution in [-0.4, -0.2) is 71.2 Å². The van der Waals surface area contributed by atoms with Gasteiger partial charge in [0.25, 0.3) is 0 Å². The van der Waals surface area contributed by atoms with Crippen LogP contribution in [0.4, 0.5) is 9.59 Å². The van der Waals surface area contributed by atoms with Crippen LogP contribution in [0.25, 0.3) is 0 Å². The second-order valence-electron chi connectivity index (χ2n) is 13.1. The highest BCUT2D eigenvalue weighted by Crippen LogP contribution is 2.30. The van der Waals surface area contributed by atoms with E-state index in [1.807, 2.05) is 13.8 Å². The molecule has 10 heteroatoms. The Hall–Kier alpha value is -2.36. The lowest BCUT2D eigenvalue weighted by molar-refractivity contribution is -0.180. The highest BCUT2D eigenvalue weighted by Gasteiger charge is 2.44. The lowest BCUT2D eigenvalue weighted by Crippen LogP contribution is -2.53. The highest BCUT2D eigenvalue weighted by atomic mass is 16.6. The number of esters is 2. The first kappa shape index (κ1) is 32.8. The van der Waals surface area contributed by atoms with Crippen LogP contribution in [0.15, 0.2) is 0 Å². The minimum absolute atomic E-state index is 0.0818. The van der Waals surface area contributed by atoms with E-state index >= 15 is 0 Å². The van der Waals surface area contributed by atoms with Gasteiger partial charge in [0, 0.05) is 6.61 Å². The van der Waals surface area contributed by atoms with E-state index in [2.05, 4.69) is 0 Å². The van der Waals surface area contributed by atoms with Gasteiger partial charge in [0.05, 0.1) is 5.92 Å². The summed E-state index contributed by atoms with van der Waals surface area (Å²) in [6.07, 6.45) is 0.269. The van der Waals surface area contributed by atoms with Gasteiger partial charge in [-0.3, -0.25) is 4.79 Å². The molecular weight excluding hydrogens is 506 g/mol. The number of hydrogen-bond acceptors (Lipinski definition) is 9. The third-order valence-electron chi connectivity index (χ3n) is 6.44. The van der Waals surface area contributed by atoms with Crippen molar-refractivity contribution < 1.29 is 42.9 Å². The Morgan fingerprint density at radius 2 is 1.44 bits per heavy atom. The van der Waals surface area contributed by atoms with Crippen molar-refractivity contribution in [3.63, 3.8) is 0 Å². The summed E-state index contributed by atoms with van der Waals surface area (Å²) in [7, 11) is 0. The summed E-state index contributed by atoms with van der Waals surface area (Å²) in [5.41, 5.74) is -1.83. The van der Waals surface area contributed by atoms with E-state index < -0.39 is 53.7 Å². The van der Waals surface area contributed by atoms with Crippen LogP contribution < -0.4 is 0 Å². The number of rotatable bonds is 6. The SMILES string of the molecule is CC(C)CO[C@H]1[C@H](C)OC(=O)[C@@H](N(C(=O)OC(C)(C)C)C(=O)OC(C)(C)C)CCC[C@@H]1OC(=O)C1CCCC1. The fourth-order valence-corrected chi connectivity index (χ4v) is 4.69. The summed E-state index contributed by atoms with van der Waals surface area (Å²) in [5.74, 6) is -0.965. The first-order chi connectivity index (χ1) is 18.0. The summed E-state index contributed by atoms with van der Waals surface area (Å²) in [6, 6.07) is -1.29. The zero-order valence-corrected chi connectivity index (χ0v) is 25.2. The van der Waals surface area contributed by atoms with Crippen LogP contribution in [-0.2, 0) is 33.3 Å². The summed E-state index contributed by atoms with van der Waals surface area (Å²) in [6.45, 7) is 16.1. The molecule has 0 unspecified atom stereocenters. The molecular formula is C29H49NO9. The molecule has 1 heterocycles. The Morgan fingerprint density at radius 1 is 0.897 bits per heavy atom. The predicted octanol–water partition coefficient (Wildman–Crippen LogP) is 5.79. The van der Waals surface area contributed by atoms with Crippen molar-refractivity contribution in [1.29, 1.82) is 0 Å². The second-order valence-corrected chi connectivity index (χ2v) is 13.1. The molecule has 10 nitrogen and oxygen atoms in total. The molecule has 1 saturated carbocycles. The summed E-state index contributed by atoms with van der Waals surface area (Å²) >= 11 is 0. The summed E-state index contributed by atoms with van der Waals surface area (Å²) < 4.78 is 28.9. The third kappa shape index (κ3) is 10.6. The predicted molar refractivity (Wildman–Crippen MR) is 144 cm³/mol. The van der Waals surface area contributed by atoms with Crippen LogP contribution in [0.2, 0.25) is 0 Å². The van der Waals surface area contributed by atoms with Crippen molar-refractivity contribution in [2.75, 3.05) is 6.61 Å². The lowest BCUT2D eigenvalue weighted by atomic mass is 10.0. The molecule has 1 aliphatic heterocycles. The molecule has 0 aromatic heterocycles. The molecule has 0 aromatic carbocycles. The van der Waals surface area contributed by atoms with Crippen LogP contribution in [0.3, 0.4) is 0 Å². The molecule has 0 bridgehead atoms. The average molecular weight is 556 g/mol. The highest BCUT2D eigenvalue weighted by molar-refractivity contribution is 5.94. The molecule has 2 rings (SSSR count). The van der Waals surface area contributed by atoms with Gasteiger partial charge in [-0.05, 0) is 86.5 Å². The number of nitrogens with zero attached hydrogens (tertiary/aromatic N) is 1. The van der Waals surface area contributed by atoms with Crippen LogP contribution in [0.5, 0.6) is 0 Å². The van der Waals surface area contributed by atoms with Gasteiger partial charge in [-0.25, -0.2) is 14.4 Å². The van der Waals surface area contributed by atoms with Gasteiger partial charge in [0.2, 0.25) is 0 Å². The number of amides is 2. The van der Waals surface area contributed by atoms with Crippen LogP contribution in [0.1, 0.15) is 107 Å². The van der Waals surface area contributed by atoms with E-state index in [0.717, 1.165) is 25.7 Å². The Bertz CT molecular complexity index is 824. The standard InChI is InChI=1S/C29H49NO9/c1-18(2)17-35-23-19(3)36-25(32)21(15-12-16-22(23)37-24(31)20-13-10-11-14-20)30(26(33)38-28(4,5)6)27(34)39-29(7,8)9/h18-23H,10-17H2,1-9H3/t19-,21-,22-,23-/m0/s1. The minimum Gasteiger partial charge on any atom is -0.459 e. The monoisotopic (exact) mass is 555 g/mol. The fraction of sp³-hybridized carbons (Fsp3) is 0.862. The fourth-order valence-electron chi connectivity index (χ4n) is 4.69. The molecule has 39 heavy (non-hydrogen) atoms. The van der Waals surface area contributed by atoms with Crippen molar-refractivity contribution >= 4 is 24.1 Å². The van der Waals surface area contributed by atoms with Crippen molar-refractivity contribution in [3.8, 4) is 0 Å². The smallest absolute Gasteiger partial charge is 0.420 e. The van der Waals surface area contributed by atoms with Gasteiger partial charge in [0.15, 0.2) is 0 Å². The number of hydrogen-bond donors (Lipinski definition) is 0. The van der Waals surface area contributed by atoms with E-state index in [-0.39, 0.29) is 24.2 Å². The zero-order valence-electron chi connectivity index (χ0n) is 25.2. The first-order valence-corrected chi connectivity index (χ1v) is 14.3. The topological polar surface area (TPSA) is 118 Å². The van der Waals surface area contributed by atoms with Gasteiger partial charge in [-0.15, -0.1) is 0 Å². The molecule has 0 aromatic rings. The summed E-state index contributed by atoms with van der Waals surface area (Å²) in [4.78, 5) is 53.5. The number of ether oxygens (including phenoxy) is 5. The first-order valence-electron chi connectivity index (χ1n) is 14.3. The van der Waals surface area contributed by atoms with E-state index in [1.54, 1.807) is 48.5 Å². The van der Waals surface area contributed by atoms with E-state index in [1.165, 1.54) is 0 Å². The van der Waals surface area contributed by atoms with E-state index in [0.29, 0.717) is 24.3 Å². The van der Waals surface area contributed by atoms with Crippen molar-refractivity contribution in [1.82, 2.24) is 4.90 Å². The average Bonchev–Trinajstić information content (AvgIpc) is 3.30. The van der Waals surface area contributed by atoms with Gasteiger partial charge in [0.1, 0.15) is 35.6 Å². The second kappa shape index (κ2) is 13.8. The lowest BCUT2D eigenvalue weighted by Gasteiger charge is -2.33. The maximum atomic E-state index is 13.5. The molecule has 0 N–H and O–H groups in total. The Kier molecular flexibility index (Phi) is 11.6. The molecule has 224 valence electrons. The molecule has 0 radical (unpaired) electrons. The van der Waals surface area contributed by atoms with Gasteiger partial charge in [-0.2, -0.15) is 4.90 Å². The molecule has 0 spiro atoms. The number of imide groups is 1. The van der Waals surface area contributed by atoms with Crippen molar-refractivity contribution in [3.05, 3.63) is 0 Å². The van der Waals surface area contributed by atoms with Crippen LogP contribution in [0, 0.1) is 11.8 Å². The maximum Gasteiger partial charge on any atom is 0.420 e. The number of carbonyl (C=O) groups is 4. The quantitative estimate of drug-likeness (QED) is 0.296. The molecule has 4 atom stereocenters. The molecule has 1 aliphatic carbocycles. The largest absolute Gasteiger partial charge is 0.459 e. The number of cyclic esters (lactones) is 1. The maximum absolute atomic E-state index is 13.5. The van der Waals surface area contributed by atoms with E-state index in [4.69, 9.17) is 23.7 Å². The van der Waals surface area contributed by atoms with E-state index in [9.17, 15) is 19.2 Å².